The summed E-state index contributed by atoms with van der Waals surface area (Å²) in [5.41, 5.74) is -1.07. The van der Waals surface area contributed by atoms with Gasteiger partial charge in [0.25, 0.3) is 0 Å². The molecule has 16 heavy (non-hydrogen) atoms. The number of carboxylic acid groups (broad SMARTS) is 1. The van der Waals surface area contributed by atoms with Gasteiger partial charge in [-0.1, -0.05) is 0 Å². The van der Waals surface area contributed by atoms with Gasteiger partial charge in [-0.15, -0.1) is 0 Å². The lowest BCUT2D eigenvalue weighted by molar-refractivity contribution is -0.156. The number of carbonyl (C=O) groups excluding carboxylic acids is 1. The van der Waals surface area contributed by atoms with Crippen LogP contribution in [0.5, 0.6) is 0 Å². The number of amides is 1. The third-order valence-electron chi connectivity index (χ3n) is 4.00. The second kappa shape index (κ2) is 3.75. The predicted molar refractivity (Wildman–Crippen MR) is 58.9 cm³/mol. The van der Waals surface area contributed by atoms with Crippen LogP contribution in [0, 0.1) is 5.41 Å². The number of nitrogens with zero attached hydrogens (tertiary/aromatic N) is 1. The second-order valence-corrected chi connectivity index (χ2v) is 5.23. The fraction of sp³-hybridized carbons (Fsp3) is 0.833. The van der Waals surface area contributed by atoms with Crippen molar-refractivity contribution in [2.24, 2.45) is 5.41 Å². The molecule has 1 aliphatic heterocycles. The second-order valence-electron chi connectivity index (χ2n) is 5.23. The van der Waals surface area contributed by atoms with Gasteiger partial charge in [-0.05, 0) is 46.0 Å². The van der Waals surface area contributed by atoms with Gasteiger partial charge in [-0.3, -0.25) is 9.59 Å². The fourth-order valence-electron chi connectivity index (χ4n) is 2.71. The monoisotopic (exact) mass is 225 g/mol. The van der Waals surface area contributed by atoms with Crippen molar-refractivity contribution < 1.29 is 14.7 Å². The minimum atomic E-state index is -1.07. The Morgan fingerprint density at radius 2 is 1.69 bits per heavy atom. The van der Waals surface area contributed by atoms with Crippen molar-refractivity contribution in [2.45, 2.75) is 58.0 Å². The molecule has 1 N–H and O–H groups in total. The Balaban J connectivity index is 2.17. The fourth-order valence-corrected chi connectivity index (χ4v) is 2.71. The first-order chi connectivity index (χ1) is 7.49. The maximum Gasteiger partial charge on any atom is 0.319 e. The summed E-state index contributed by atoms with van der Waals surface area (Å²) in [6, 6.07) is 0.376. The molecule has 1 amide bonds. The van der Waals surface area contributed by atoms with E-state index in [1.807, 2.05) is 18.7 Å². The number of aliphatic carboxylic acids is 1. The van der Waals surface area contributed by atoms with Crippen LogP contribution in [0.3, 0.4) is 0 Å². The van der Waals surface area contributed by atoms with Crippen molar-refractivity contribution in [1.29, 1.82) is 0 Å². The zero-order valence-electron chi connectivity index (χ0n) is 9.90. The molecule has 2 aliphatic rings. The van der Waals surface area contributed by atoms with Crippen molar-refractivity contribution in [3.63, 3.8) is 0 Å². The molecule has 90 valence electrons. The number of carboxylic acids is 1. The lowest BCUT2D eigenvalue weighted by Crippen LogP contribution is -2.52. The molecule has 1 saturated carbocycles. The van der Waals surface area contributed by atoms with E-state index in [0.29, 0.717) is 12.8 Å². The summed E-state index contributed by atoms with van der Waals surface area (Å²) in [4.78, 5) is 25.2. The Hall–Kier alpha value is -1.06. The molecule has 1 saturated heterocycles. The highest BCUT2D eigenvalue weighted by atomic mass is 16.4. The number of hydrogen-bond acceptors (Lipinski definition) is 2. The van der Waals surface area contributed by atoms with Crippen LogP contribution in [-0.4, -0.2) is 34.0 Å². The average molecular weight is 225 g/mol. The molecule has 0 bridgehead atoms. The molecule has 0 radical (unpaired) electrons. The Labute approximate surface area is 95.6 Å². The van der Waals surface area contributed by atoms with Gasteiger partial charge in [0.15, 0.2) is 0 Å². The van der Waals surface area contributed by atoms with Gasteiger partial charge >= 0.3 is 5.97 Å². The normalized spacial score (nSPS) is 32.2. The van der Waals surface area contributed by atoms with E-state index in [2.05, 4.69) is 0 Å². The zero-order valence-corrected chi connectivity index (χ0v) is 9.90. The van der Waals surface area contributed by atoms with Crippen molar-refractivity contribution in [2.75, 3.05) is 0 Å². The van der Waals surface area contributed by atoms with Gasteiger partial charge in [0.05, 0.1) is 0 Å². The molecule has 1 aliphatic carbocycles. The number of piperidine rings is 1. The van der Waals surface area contributed by atoms with Crippen LogP contribution in [-0.2, 0) is 9.59 Å². The lowest BCUT2D eigenvalue weighted by Gasteiger charge is -2.40. The van der Waals surface area contributed by atoms with Crippen LogP contribution in [0.2, 0.25) is 0 Å². The molecule has 2 rings (SSSR count). The molecule has 2 atom stereocenters. The van der Waals surface area contributed by atoms with Crippen LogP contribution in [0.4, 0.5) is 0 Å². The van der Waals surface area contributed by atoms with E-state index in [9.17, 15) is 9.59 Å². The highest BCUT2D eigenvalue weighted by molar-refractivity contribution is 6.05. The first kappa shape index (κ1) is 11.4. The predicted octanol–water partition coefficient (Wildman–Crippen LogP) is 1.64. The van der Waals surface area contributed by atoms with Gasteiger partial charge in [0.2, 0.25) is 5.91 Å². The summed E-state index contributed by atoms with van der Waals surface area (Å²) in [5, 5.41) is 9.13. The molecule has 0 aromatic rings. The smallest absolute Gasteiger partial charge is 0.319 e. The summed E-state index contributed by atoms with van der Waals surface area (Å²) in [6.45, 7) is 4.04. The van der Waals surface area contributed by atoms with Gasteiger partial charge in [-0.25, -0.2) is 0 Å². The minimum Gasteiger partial charge on any atom is -0.480 e. The molecule has 0 aromatic carbocycles. The number of carbonyl (C=O) groups is 2. The Kier molecular flexibility index (Phi) is 2.68. The van der Waals surface area contributed by atoms with Crippen molar-refractivity contribution in [3.8, 4) is 0 Å². The lowest BCUT2D eigenvalue weighted by atomic mass is 9.94. The van der Waals surface area contributed by atoms with E-state index in [1.54, 1.807) is 0 Å². The van der Waals surface area contributed by atoms with Crippen molar-refractivity contribution in [1.82, 2.24) is 4.90 Å². The molecule has 2 unspecified atom stereocenters. The van der Waals surface area contributed by atoms with Crippen LogP contribution in [0.25, 0.3) is 0 Å². The molecule has 2 fully saturated rings. The molecule has 0 aromatic heterocycles. The minimum absolute atomic E-state index is 0.153. The van der Waals surface area contributed by atoms with E-state index in [0.717, 1.165) is 19.3 Å². The van der Waals surface area contributed by atoms with E-state index in [-0.39, 0.29) is 18.0 Å². The largest absolute Gasteiger partial charge is 0.480 e. The highest BCUT2D eigenvalue weighted by Gasteiger charge is 2.59. The van der Waals surface area contributed by atoms with E-state index < -0.39 is 11.4 Å². The van der Waals surface area contributed by atoms with Crippen LogP contribution in [0.1, 0.15) is 46.0 Å². The van der Waals surface area contributed by atoms with E-state index in [1.165, 1.54) is 0 Å². The molecular weight excluding hydrogens is 206 g/mol. The maximum absolute atomic E-state index is 12.3. The Bertz CT molecular complexity index is 312. The molecule has 1 heterocycles. The summed E-state index contributed by atoms with van der Waals surface area (Å²) < 4.78 is 0. The third kappa shape index (κ3) is 1.60. The molecule has 4 nitrogen and oxygen atoms in total. The highest BCUT2D eigenvalue weighted by Crippen LogP contribution is 2.48. The average Bonchev–Trinajstić information content (AvgIpc) is 2.97. The Morgan fingerprint density at radius 3 is 2.06 bits per heavy atom. The van der Waals surface area contributed by atoms with Crippen LogP contribution >= 0.6 is 0 Å². The van der Waals surface area contributed by atoms with Gasteiger partial charge in [-0.2, -0.15) is 0 Å². The first-order valence-electron chi connectivity index (χ1n) is 6.05. The third-order valence-corrected chi connectivity index (χ3v) is 4.00. The summed E-state index contributed by atoms with van der Waals surface area (Å²) in [7, 11) is 0. The van der Waals surface area contributed by atoms with E-state index in [4.69, 9.17) is 5.11 Å². The van der Waals surface area contributed by atoms with Gasteiger partial charge in [0, 0.05) is 12.1 Å². The van der Waals surface area contributed by atoms with Gasteiger partial charge in [0.1, 0.15) is 5.41 Å². The van der Waals surface area contributed by atoms with Crippen LogP contribution in [0.15, 0.2) is 0 Å². The number of hydrogen-bond donors (Lipinski definition) is 1. The molecule has 0 spiro atoms. The zero-order chi connectivity index (χ0) is 11.9. The quantitative estimate of drug-likeness (QED) is 0.727. The van der Waals surface area contributed by atoms with E-state index >= 15 is 0 Å². The maximum atomic E-state index is 12.3. The molecule has 4 heteroatoms. The summed E-state index contributed by atoms with van der Waals surface area (Å²) in [6.07, 6.45) is 4.14. The van der Waals surface area contributed by atoms with Crippen molar-refractivity contribution >= 4 is 11.9 Å². The standard InChI is InChI=1S/C12H19NO3/c1-8-4-3-5-9(2)13(8)10(14)12(6-7-12)11(15)16/h8-9H,3-7H2,1-2H3,(H,15,16). The summed E-state index contributed by atoms with van der Waals surface area (Å²) in [5.74, 6) is -1.10. The number of likely N-dealkylation sites (tertiary alicyclic amines) is 1. The van der Waals surface area contributed by atoms with Gasteiger partial charge < -0.3 is 10.0 Å². The summed E-state index contributed by atoms with van der Waals surface area (Å²) >= 11 is 0. The SMILES string of the molecule is CC1CCCC(C)N1C(=O)C1(C(=O)O)CC1. The molecular formula is C12H19NO3. The number of rotatable bonds is 2. The topological polar surface area (TPSA) is 57.6 Å². The van der Waals surface area contributed by atoms with Crippen molar-refractivity contribution in [3.05, 3.63) is 0 Å². The van der Waals surface area contributed by atoms with Crippen LogP contribution < -0.4 is 0 Å². The Morgan fingerprint density at radius 1 is 1.19 bits per heavy atom. The first-order valence-corrected chi connectivity index (χ1v) is 6.05.